The second kappa shape index (κ2) is 4.57. The van der Waals surface area contributed by atoms with Crippen LogP contribution in [0.2, 0.25) is 0 Å². The summed E-state index contributed by atoms with van der Waals surface area (Å²) in [4.78, 5) is 0. The molecule has 1 atom stereocenters. The number of hydrogen-bond acceptors (Lipinski definition) is 3. The van der Waals surface area contributed by atoms with Crippen molar-refractivity contribution in [3.63, 3.8) is 0 Å². The molecule has 0 radical (unpaired) electrons. The molecule has 80 valence electrons. The molecule has 0 aliphatic carbocycles. The van der Waals surface area contributed by atoms with Crippen LogP contribution < -0.4 is 0 Å². The third-order valence-electron chi connectivity index (χ3n) is 2.19. The molecular weight excluding hydrogens is 180 g/mol. The third kappa shape index (κ3) is 3.12. The van der Waals surface area contributed by atoms with Crippen LogP contribution in [0.3, 0.4) is 0 Å². The molecule has 1 aromatic rings. The fourth-order valence-corrected chi connectivity index (χ4v) is 1.53. The number of aliphatic hydroxyl groups is 1. The highest BCUT2D eigenvalue weighted by atomic mass is 16.5. The van der Waals surface area contributed by atoms with E-state index in [-0.39, 0.29) is 5.41 Å². The molecule has 1 rings (SSSR count). The molecule has 0 bridgehead atoms. The lowest BCUT2D eigenvalue weighted by molar-refractivity contribution is 0.0502. The summed E-state index contributed by atoms with van der Waals surface area (Å²) in [5.41, 5.74) is 0.806. The summed E-state index contributed by atoms with van der Waals surface area (Å²) in [5, 5.41) is 16.3. The number of aromatic amines is 1. The quantitative estimate of drug-likeness (QED) is 0.754. The molecule has 2 N–H and O–H groups in total. The van der Waals surface area contributed by atoms with Gasteiger partial charge in [-0.2, -0.15) is 5.10 Å². The first kappa shape index (κ1) is 11.2. The van der Waals surface area contributed by atoms with Gasteiger partial charge in [0.2, 0.25) is 0 Å². The average molecular weight is 198 g/mol. The number of rotatable bonds is 5. The van der Waals surface area contributed by atoms with E-state index in [4.69, 9.17) is 4.74 Å². The summed E-state index contributed by atoms with van der Waals surface area (Å²) >= 11 is 0. The lowest BCUT2D eigenvalue weighted by Gasteiger charge is -2.25. The summed E-state index contributed by atoms with van der Waals surface area (Å²) in [6, 6.07) is 0. The molecule has 0 aromatic carbocycles. The van der Waals surface area contributed by atoms with E-state index in [2.05, 4.69) is 24.0 Å². The van der Waals surface area contributed by atoms with Gasteiger partial charge < -0.3 is 9.84 Å². The largest absolute Gasteiger partial charge is 0.388 e. The fraction of sp³-hybridized carbons (Fsp3) is 0.700. The van der Waals surface area contributed by atoms with Gasteiger partial charge in [-0.05, 0) is 11.8 Å². The molecule has 0 saturated carbocycles. The molecule has 0 amide bonds. The zero-order valence-electron chi connectivity index (χ0n) is 8.95. The summed E-state index contributed by atoms with van der Waals surface area (Å²) in [6.45, 7) is 4.78. The van der Waals surface area contributed by atoms with Gasteiger partial charge in [-0.15, -0.1) is 0 Å². The first-order valence-electron chi connectivity index (χ1n) is 4.71. The molecule has 0 spiro atoms. The van der Waals surface area contributed by atoms with Gasteiger partial charge in [0.15, 0.2) is 0 Å². The minimum atomic E-state index is -0.473. The highest BCUT2D eigenvalue weighted by Gasteiger charge is 2.23. The first-order valence-corrected chi connectivity index (χ1v) is 4.71. The summed E-state index contributed by atoms with van der Waals surface area (Å²) in [5.74, 6) is 0. The van der Waals surface area contributed by atoms with Crippen LogP contribution in [0.15, 0.2) is 12.4 Å². The Morgan fingerprint density at radius 3 is 2.86 bits per heavy atom. The zero-order chi connectivity index (χ0) is 10.6. The van der Waals surface area contributed by atoms with E-state index < -0.39 is 6.10 Å². The van der Waals surface area contributed by atoms with Crippen molar-refractivity contribution in [2.24, 2.45) is 5.41 Å². The first-order chi connectivity index (χ1) is 6.55. The van der Waals surface area contributed by atoms with Crippen molar-refractivity contribution in [3.8, 4) is 0 Å². The Bertz CT molecular complexity index is 257. The lowest BCUT2D eigenvalue weighted by atomic mass is 9.86. The van der Waals surface area contributed by atoms with Crippen LogP contribution in [0, 0.1) is 5.41 Å². The van der Waals surface area contributed by atoms with Crippen LogP contribution >= 0.6 is 0 Å². The number of aliphatic hydroxyl groups excluding tert-OH is 1. The van der Waals surface area contributed by atoms with E-state index in [9.17, 15) is 5.11 Å². The Hall–Kier alpha value is -0.870. The van der Waals surface area contributed by atoms with Crippen LogP contribution in [-0.4, -0.2) is 29.0 Å². The second-order valence-corrected chi connectivity index (χ2v) is 4.35. The number of ether oxygens (including phenoxy) is 1. The Morgan fingerprint density at radius 1 is 1.64 bits per heavy atom. The number of nitrogens with one attached hydrogen (secondary N) is 1. The summed E-state index contributed by atoms with van der Waals surface area (Å²) in [7, 11) is 1.67. The monoisotopic (exact) mass is 198 g/mol. The Morgan fingerprint density at radius 2 is 2.36 bits per heavy atom. The molecule has 4 nitrogen and oxygen atoms in total. The van der Waals surface area contributed by atoms with Crippen LogP contribution in [0.1, 0.15) is 31.9 Å². The highest BCUT2D eigenvalue weighted by molar-refractivity contribution is 5.07. The summed E-state index contributed by atoms with van der Waals surface area (Å²) < 4.78 is 5.09. The average Bonchev–Trinajstić information content (AvgIpc) is 2.53. The van der Waals surface area contributed by atoms with Gasteiger partial charge in [-0.3, -0.25) is 5.10 Å². The lowest BCUT2D eigenvalue weighted by Crippen LogP contribution is -2.21. The minimum absolute atomic E-state index is 0.0224. The molecule has 0 fully saturated rings. The van der Waals surface area contributed by atoms with Gasteiger partial charge in [0, 0.05) is 18.9 Å². The fourth-order valence-electron chi connectivity index (χ4n) is 1.53. The zero-order valence-corrected chi connectivity index (χ0v) is 8.95. The van der Waals surface area contributed by atoms with E-state index in [0.29, 0.717) is 13.0 Å². The Kier molecular flexibility index (Phi) is 3.66. The maximum absolute atomic E-state index is 9.86. The maximum atomic E-state index is 9.86. The molecule has 4 heteroatoms. The maximum Gasteiger partial charge on any atom is 0.0826 e. The van der Waals surface area contributed by atoms with Crippen molar-refractivity contribution in [3.05, 3.63) is 18.0 Å². The Labute approximate surface area is 84.3 Å². The van der Waals surface area contributed by atoms with Gasteiger partial charge in [-0.1, -0.05) is 13.8 Å². The number of hydrogen-bond donors (Lipinski definition) is 2. The molecule has 1 aromatic heterocycles. The van der Waals surface area contributed by atoms with E-state index in [1.165, 1.54) is 0 Å². The van der Waals surface area contributed by atoms with E-state index >= 15 is 0 Å². The van der Waals surface area contributed by atoms with Crippen LogP contribution in [0.25, 0.3) is 0 Å². The van der Waals surface area contributed by atoms with Crippen LogP contribution in [0.5, 0.6) is 0 Å². The predicted octanol–water partition coefficient (Wildman–Crippen LogP) is 1.51. The third-order valence-corrected chi connectivity index (χ3v) is 2.19. The van der Waals surface area contributed by atoms with Gasteiger partial charge in [0.25, 0.3) is 0 Å². The van der Waals surface area contributed by atoms with Crippen molar-refractivity contribution >= 4 is 0 Å². The predicted molar refractivity (Wildman–Crippen MR) is 53.8 cm³/mol. The van der Waals surface area contributed by atoms with E-state index in [0.717, 1.165) is 5.56 Å². The highest BCUT2D eigenvalue weighted by Crippen LogP contribution is 2.29. The number of methoxy groups -OCH3 is 1. The molecule has 0 saturated heterocycles. The van der Waals surface area contributed by atoms with Crippen molar-refractivity contribution in [2.75, 3.05) is 13.7 Å². The normalized spacial score (nSPS) is 14.3. The van der Waals surface area contributed by atoms with Gasteiger partial charge >= 0.3 is 0 Å². The summed E-state index contributed by atoms with van der Waals surface area (Å²) in [6.07, 6.45) is 3.56. The number of aromatic nitrogens is 2. The van der Waals surface area contributed by atoms with Crippen molar-refractivity contribution < 1.29 is 9.84 Å². The number of nitrogens with zero attached hydrogens (tertiary/aromatic N) is 1. The van der Waals surface area contributed by atoms with Crippen molar-refractivity contribution in [1.29, 1.82) is 0 Å². The molecule has 1 heterocycles. The smallest absolute Gasteiger partial charge is 0.0826 e. The van der Waals surface area contributed by atoms with Gasteiger partial charge in [0.05, 0.1) is 18.9 Å². The minimum Gasteiger partial charge on any atom is -0.388 e. The van der Waals surface area contributed by atoms with Gasteiger partial charge in [0.1, 0.15) is 0 Å². The molecule has 0 aliphatic heterocycles. The topological polar surface area (TPSA) is 58.1 Å². The standard InChI is InChI=1S/C10H18N2O2/c1-10(2,7-14-3)4-9(13)8-5-11-12-6-8/h5-6,9,13H,4,7H2,1-3H3,(H,11,12). The Balaban J connectivity index is 2.52. The molecular formula is C10H18N2O2. The molecule has 14 heavy (non-hydrogen) atoms. The SMILES string of the molecule is COCC(C)(C)CC(O)c1cn[nH]c1. The van der Waals surface area contributed by atoms with Crippen LogP contribution in [-0.2, 0) is 4.74 Å². The van der Waals surface area contributed by atoms with Gasteiger partial charge in [-0.25, -0.2) is 0 Å². The van der Waals surface area contributed by atoms with Crippen molar-refractivity contribution in [1.82, 2.24) is 10.2 Å². The molecule has 0 aliphatic rings. The number of H-pyrrole nitrogens is 1. The molecule has 1 unspecified atom stereocenters. The second-order valence-electron chi connectivity index (χ2n) is 4.35. The van der Waals surface area contributed by atoms with E-state index in [1.807, 2.05) is 0 Å². The van der Waals surface area contributed by atoms with Crippen LogP contribution in [0.4, 0.5) is 0 Å². The van der Waals surface area contributed by atoms with E-state index in [1.54, 1.807) is 19.5 Å². The van der Waals surface area contributed by atoms with Crippen molar-refractivity contribution in [2.45, 2.75) is 26.4 Å².